The summed E-state index contributed by atoms with van der Waals surface area (Å²) in [6.07, 6.45) is 8.47. The van der Waals surface area contributed by atoms with Crippen LogP contribution in [-0.4, -0.2) is 18.1 Å². The fourth-order valence-corrected chi connectivity index (χ4v) is 1.95. The van der Waals surface area contributed by atoms with Crippen molar-refractivity contribution in [1.82, 2.24) is 4.98 Å². The molecule has 0 saturated heterocycles. The van der Waals surface area contributed by atoms with Crippen molar-refractivity contribution in [2.45, 2.75) is 58.7 Å². The van der Waals surface area contributed by atoms with Gasteiger partial charge in [0.2, 0.25) is 0 Å². The number of ether oxygens (including phenoxy) is 1. The first-order valence-corrected chi connectivity index (χ1v) is 7.01. The molecule has 3 nitrogen and oxygen atoms in total. The summed E-state index contributed by atoms with van der Waals surface area (Å²) in [6, 6.07) is 4.01. The molecule has 0 aliphatic carbocycles. The minimum atomic E-state index is 0.326. The maximum Gasteiger partial charge on any atom is 0.131 e. The Bertz CT molecular complexity index is 328. The molecule has 1 heterocycles. The third kappa shape index (κ3) is 5.50. The molecule has 1 N–H and O–H groups in total. The fraction of sp³-hybridized carbons (Fsp3) is 0.667. The van der Waals surface area contributed by atoms with Crippen molar-refractivity contribution >= 4 is 5.82 Å². The Kier molecular flexibility index (Phi) is 7.42. The number of hydrogen-bond donors (Lipinski definition) is 1. The average Bonchev–Trinajstić information content (AvgIpc) is 2.41. The minimum absolute atomic E-state index is 0.326. The Morgan fingerprint density at radius 1 is 1.33 bits per heavy atom. The van der Waals surface area contributed by atoms with Gasteiger partial charge in [-0.2, -0.15) is 0 Å². The van der Waals surface area contributed by atoms with Gasteiger partial charge in [0.25, 0.3) is 0 Å². The van der Waals surface area contributed by atoms with E-state index in [1.807, 2.05) is 13.1 Å². The van der Waals surface area contributed by atoms with Crippen molar-refractivity contribution in [3.05, 3.63) is 23.9 Å². The Labute approximate surface area is 111 Å². The Morgan fingerprint density at radius 3 is 2.89 bits per heavy atom. The molecule has 102 valence electrons. The molecule has 0 aromatic carbocycles. The summed E-state index contributed by atoms with van der Waals surface area (Å²) in [7, 11) is 1.89. The summed E-state index contributed by atoms with van der Waals surface area (Å²) in [5.74, 6) is 0.913. The number of nitrogens with zero attached hydrogens (tertiary/aromatic N) is 1. The Hall–Kier alpha value is -1.09. The van der Waals surface area contributed by atoms with Crippen LogP contribution >= 0.6 is 0 Å². The molecule has 0 aliphatic heterocycles. The van der Waals surface area contributed by atoms with Crippen LogP contribution in [0.2, 0.25) is 0 Å². The SMILES string of the molecule is CCCCCCC(C)OCc1cccnc1NC. The van der Waals surface area contributed by atoms with Crippen molar-refractivity contribution in [1.29, 1.82) is 0 Å². The molecular weight excluding hydrogens is 224 g/mol. The highest BCUT2D eigenvalue weighted by Crippen LogP contribution is 2.14. The van der Waals surface area contributed by atoms with Crippen LogP contribution in [0.15, 0.2) is 18.3 Å². The minimum Gasteiger partial charge on any atom is -0.374 e. The second kappa shape index (κ2) is 8.92. The molecule has 0 radical (unpaired) electrons. The third-order valence-corrected chi connectivity index (χ3v) is 3.12. The van der Waals surface area contributed by atoms with Gasteiger partial charge in [-0.25, -0.2) is 4.98 Å². The quantitative estimate of drug-likeness (QED) is 0.673. The molecule has 0 amide bonds. The smallest absolute Gasteiger partial charge is 0.131 e. The first-order valence-electron chi connectivity index (χ1n) is 7.01. The standard InChI is InChI=1S/C15H26N2O/c1-4-5-6-7-9-13(2)18-12-14-10-8-11-17-15(14)16-3/h8,10-11,13H,4-7,9,12H2,1-3H3,(H,16,17). The molecule has 18 heavy (non-hydrogen) atoms. The first kappa shape index (κ1) is 15.0. The molecule has 1 atom stereocenters. The van der Waals surface area contributed by atoms with Gasteiger partial charge in [-0.3, -0.25) is 0 Å². The van der Waals surface area contributed by atoms with Crippen LogP contribution in [0.1, 0.15) is 51.5 Å². The lowest BCUT2D eigenvalue weighted by Crippen LogP contribution is -2.09. The van der Waals surface area contributed by atoms with Crippen LogP contribution in [0.3, 0.4) is 0 Å². The van der Waals surface area contributed by atoms with Gasteiger partial charge < -0.3 is 10.1 Å². The summed E-state index contributed by atoms with van der Waals surface area (Å²) in [5, 5.41) is 3.09. The van der Waals surface area contributed by atoms with Crippen molar-refractivity contribution < 1.29 is 4.74 Å². The van der Waals surface area contributed by atoms with E-state index in [4.69, 9.17) is 4.74 Å². The van der Waals surface area contributed by atoms with Crippen LogP contribution < -0.4 is 5.32 Å². The topological polar surface area (TPSA) is 34.1 Å². The lowest BCUT2D eigenvalue weighted by atomic mass is 10.1. The zero-order chi connectivity index (χ0) is 13.2. The number of pyridine rings is 1. The highest BCUT2D eigenvalue weighted by atomic mass is 16.5. The molecule has 0 aliphatic rings. The number of unbranched alkanes of at least 4 members (excludes halogenated alkanes) is 3. The van der Waals surface area contributed by atoms with E-state index in [1.54, 1.807) is 6.20 Å². The summed E-state index contributed by atoms with van der Waals surface area (Å²) < 4.78 is 5.87. The van der Waals surface area contributed by atoms with Gasteiger partial charge in [-0.15, -0.1) is 0 Å². The average molecular weight is 250 g/mol. The van der Waals surface area contributed by atoms with E-state index in [9.17, 15) is 0 Å². The van der Waals surface area contributed by atoms with Crippen molar-refractivity contribution in [2.24, 2.45) is 0 Å². The van der Waals surface area contributed by atoms with Gasteiger partial charge in [0.1, 0.15) is 5.82 Å². The number of nitrogens with one attached hydrogen (secondary N) is 1. The van der Waals surface area contributed by atoms with Crippen molar-refractivity contribution in [2.75, 3.05) is 12.4 Å². The predicted octanol–water partition coefficient (Wildman–Crippen LogP) is 4.00. The van der Waals surface area contributed by atoms with Crippen LogP contribution in [0.25, 0.3) is 0 Å². The van der Waals surface area contributed by atoms with Gasteiger partial charge in [0.05, 0.1) is 12.7 Å². The second-order valence-corrected chi connectivity index (χ2v) is 4.73. The van der Waals surface area contributed by atoms with E-state index in [0.717, 1.165) is 17.8 Å². The predicted molar refractivity (Wildman–Crippen MR) is 76.8 cm³/mol. The summed E-state index contributed by atoms with van der Waals surface area (Å²) in [6.45, 7) is 5.03. The van der Waals surface area contributed by atoms with Crippen molar-refractivity contribution in [3.63, 3.8) is 0 Å². The molecule has 1 rings (SSSR count). The highest BCUT2D eigenvalue weighted by molar-refractivity contribution is 5.42. The zero-order valence-electron chi connectivity index (χ0n) is 11.9. The lowest BCUT2D eigenvalue weighted by molar-refractivity contribution is 0.0461. The van der Waals surface area contributed by atoms with Gasteiger partial charge >= 0.3 is 0 Å². The van der Waals surface area contributed by atoms with Gasteiger partial charge in [0, 0.05) is 18.8 Å². The molecule has 0 bridgehead atoms. The molecule has 0 saturated carbocycles. The Balaban J connectivity index is 2.26. The number of anilines is 1. The van der Waals surface area contributed by atoms with Crippen LogP contribution in [0.4, 0.5) is 5.82 Å². The maximum atomic E-state index is 5.87. The zero-order valence-corrected chi connectivity index (χ0v) is 11.9. The summed E-state index contributed by atoms with van der Waals surface area (Å²) in [5.41, 5.74) is 1.13. The molecular formula is C15H26N2O. The molecule has 1 unspecified atom stereocenters. The molecule has 1 aromatic rings. The monoisotopic (exact) mass is 250 g/mol. The largest absolute Gasteiger partial charge is 0.374 e. The van der Waals surface area contributed by atoms with E-state index >= 15 is 0 Å². The van der Waals surface area contributed by atoms with Crippen LogP contribution in [-0.2, 0) is 11.3 Å². The second-order valence-electron chi connectivity index (χ2n) is 4.73. The van der Waals surface area contributed by atoms with E-state index in [-0.39, 0.29) is 0 Å². The van der Waals surface area contributed by atoms with E-state index in [2.05, 4.69) is 30.2 Å². The number of hydrogen-bond acceptors (Lipinski definition) is 3. The van der Waals surface area contributed by atoms with Gasteiger partial charge in [-0.05, 0) is 19.4 Å². The summed E-state index contributed by atoms with van der Waals surface area (Å²) in [4.78, 5) is 4.27. The van der Waals surface area contributed by atoms with E-state index < -0.39 is 0 Å². The van der Waals surface area contributed by atoms with Crippen LogP contribution in [0.5, 0.6) is 0 Å². The third-order valence-electron chi connectivity index (χ3n) is 3.12. The number of rotatable bonds is 9. The molecule has 1 aromatic heterocycles. The Morgan fingerprint density at radius 2 is 2.17 bits per heavy atom. The first-order chi connectivity index (χ1) is 8.77. The molecule has 3 heteroatoms. The lowest BCUT2D eigenvalue weighted by Gasteiger charge is -2.14. The maximum absolute atomic E-state index is 5.87. The summed E-state index contributed by atoms with van der Waals surface area (Å²) >= 11 is 0. The fourth-order valence-electron chi connectivity index (χ4n) is 1.95. The normalized spacial score (nSPS) is 12.4. The van der Waals surface area contributed by atoms with Gasteiger partial charge in [-0.1, -0.05) is 38.7 Å². The van der Waals surface area contributed by atoms with E-state index in [0.29, 0.717) is 12.7 Å². The van der Waals surface area contributed by atoms with E-state index in [1.165, 1.54) is 25.7 Å². The van der Waals surface area contributed by atoms with Crippen molar-refractivity contribution in [3.8, 4) is 0 Å². The van der Waals surface area contributed by atoms with Crippen LogP contribution in [0, 0.1) is 0 Å². The highest BCUT2D eigenvalue weighted by Gasteiger charge is 2.05. The molecule has 0 fully saturated rings. The molecule has 0 spiro atoms. The number of aromatic nitrogens is 1. The van der Waals surface area contributed by atoms with Gasteiger partial charge in [0.15, 0.2) is 0 Å².